The first-order valence-electron chi connectivity index (χ1n) is 6.70. The summed E-state index contributed by atoms with van der Waals surface area (Å²) >= 11 is 0. The van der Waals surface area contributed by atoms with Crippen molar-refractivity contribution in [1.29, 1.82) is 5.26 Å². The zero-order valence-corrected chi connectivity index (χ0v) is 11.7. The van der Waals surface area contributed by atoms with E-state index in [1.54, 1.807) is 6.07 Å². The Hall–Kier alpha value is -2.13. The molecule has 0 bridgehead atoms. The number of anilines is 1. The summed E-state index contributed by atoms with van der Waals surface area (Å²) < 4.78 is 0. The topological polar surface area (TPSA) is 73.4 Å². The summed E-state index contributed by atoms with van der Waals surface area (Å²) in [5.41, 5.74) is 0.815. The van der Waals surface area contributed by atoms with Crippen LogP contribution in [0.1, 0.15) is 19.4 Å². The molecule has 1 aliphatic rings. The summed E-state index contributed by atoms with van der Waals surface area (Å²) in [4.78, 5) is 15.0. The van der Waals surface area contributed by atoms with Gasteiger partial charge in [0.25, 0.3) is 5.69 Å². The summed E-state index contributed by atoms with van der Waals surface area (Å²) in [5.74, 6) is 0. The smallest absolute Gasteiger partial charge is 0.289 e. The fourth-order valence-corrected chi connectivity index (χ4v) is 2.46. The number of rotatable bonds is 3. The van der Waals surface area contributed by atoms with E-state index in [1.807, 2.05) is 6.07 Å². The molecule has 1 fully saturated rings. The van der Waals surface area contributed by atoms with Gasteiger partial charge in [0.15, 0.2) is 0 Å². The Labute approximate surface area is 118 Å². The van der Waals surface area contributed by atoms with E-state index >= 15 is 0 Å². The minimum Gasteiger partial charge on any atom is -0.369 e. The maximum atomic E-state index is 11.0. The quantitative estimate of drug-likeness (QED) is 0.622. The molecule has 1 aliphatic heterocycles. The Bertz CT molecular complexity index is 543. The second kappa shape index (κ2) is 5.88. The second-order valence-electron chi connectivity index (χ2n) is 5.19. The van der Waals surface area contributed by atoms with E-state index in [0.717, 1.165) is 31.9 Å². The highest BCUT2D eigenvalue weighted by atomic mass is 16.6. The third kappa shape index (κ3) is 2.89. The van der Waals surface area contributed by atoms with Crippen molar-refractivity contribution in [1.82, 2.24) is 4.90 Å². The second-order valence-corrected chi connectivity index (χ2v) is 5.19. The van der Waals surface area contributed by atoms with Gasteiger partial charge < -0.3 is 4.90 Å². The Balaban J connectivity index is 2.17. The number of piperazine rings is 1. The average molecular weight is 274 g/mol. The van der Waals surface area contributed by atoms with Crippen LogP contribution in [-0.4, -0.2) is 42.0 Å². The highest BCUT2D eigenvalue weighted by Crippen LogP contribution is 2.26. The maximum absolute atomic E-state index is 11.0. The van der Waals surface area contributed by atoms with E-state index in [9.17, 15) is 10.1 Å². The van der Waals surface area contributed by atoms with Gasteiger partial charge in [0, 0.05) is 44.0 Å². The predicted octanol–water partition coefficient (Wildman–Crippen LogP) is 2.00. The average Bonchev–Trinajstić information content (AvgIpc) is 2.46. The zero-order chi connectivity index (χ0) is 14.7. The van der Waals surface area contributed by atoms with E-state index in [1.165, 1.54) is 12.1 Å². The van der Waals surface area contributed by atoms with Crippen LogP contribution in [0.15, 0.2) is 18.2 Å². The first-order valence-corrected chi connectivity index (χ1v) is 6.70. The van der Waals surface area contributed by atoms with Crippen LogP contribution in [0.5, 0.6) is 0 Å². The lowest BCUT2D eigenvalue weighted by atomic mass is 10.1. The van der Waals surface area contributed by atoms with Crippen molar-refractivity contribution < 1.29 is 4.92 Å². The number of benzene rings is 1. The molecule has 1 saturated heterocycles. The molecule has 6 heteroatoms. The molecule has 2 rings (SSSR count). The monoisotopic (exact) mass is 274 g/mol. The highest BCUT2D eigenvalue weighted by Gasteiger charge is 2.21. The van der Waals surface area contributed by atoms with Gasteiger partial charge >= 0.3 is 0 Å². The van der Waals surface area contributed by atoms with E-state index in [2.05, 4.69) is 23.6 Å². The van der Waals surface area contributed by atoms with Gasteiger partial charge in [0.2, 0.25) is 0 Å². The first-order chi connectivity index (χ1) is 9.52. The van der Waals surface area contributed by atoms with Crippen molar-refractivity contribution in [3.63, 3.8) is 0 Å². The largest absolute Gasteiger partial charge is 0.369 e. The number of hydrogen-bond acceptors (Lipinski definition) is 5. The molecule has 0 amide bonds. The van der Waals surface area contributed by atoms with Gasteiger partial charge in [0.1, 0.15) is 11.6 Å². The van der Waals surface area contributed by atoms with Crippen LogP contribution in [0, 0.1) is 21.4 Å². The lowest BCUT2D eigenvalue weighted by Crippen LogP contribution is -2.48. The third-order valence-corrected chi connectivity index (χ3v) is 3.71. The van der Waals surface area contributed by atoms with Crippen LogP contribution in [0.4, 0.5) is 11.4 Å². The van der Waals surface area contributed by atoms with E-state index in [4.69, 9.17) is 5.26 Å². The van der Waals surface area contributed by atoms with Crippen LogP contribution in [0.3, 0.4) is 0 Å². The summed E-state index contributed by atoms with van der Waals surface area (Å²) in [6, 6.07) is 7.20. The minimum absolute atomic E-state index is 0.111. The van der Waals surface area contributed by atoms with Gasteiger partial charge in [-0.3, -0.25) is 15.0 Å². The van der Waals surface area contributed by atoms with Gasteiger partial charge in [-0.05, 0) is 26.0 Å². The molecule has 1 aromatic carbocycles. The summed E-state index contributed by atoms with van der Waals surface area (Å²) in [6.07, 6.45) is 0. The van der Waals surface area contributed by atoms with Gasteiger partial charge in [-0.25, -0.2) is 0 Å². The molecule has 0 radical (unpaired) electrons. The van der Waals surface area contributed by atoms with Crippen LogP contribution in [0.2, 0.25) is 0 Å². The molecule has 0 saturated carbocycles. The fraction of sp³-hybridized carbons (Fsp3) is 0.500. The summed E-state index contributed by atoms with van der Waals surface area (Å²) in [5, 5.41) is 19.9. The number of hydrogen-bond donors (Lipinski definition) is 0. The van der Waals surface area contributed by atoms with E-state index in [-0.39, 0.29) is 11.3 Å². The molecule has 0 atom stereocenters. The molecular formula is C14H18N4O2. The molecular weight excluding hydrogens is 256 g/mol. The lowest BCUT2D eigenvalue weighted by Gasteiger charge is -2.38. The van der Waals surface area contributed by atoms with Crippen molar-refractivity contribution in [3.8, 4) is 6.07 Å². The molecule has 20 heavy (non-hydrogen) atoms. The summed E-state index contributed by atoms with van der Waals surface area (Å²) in [7, 11) is 0. The number of nitrogens with zero attached hydrogens (tertiary/aromatic N) is 4. The normalized spacial score (nSPS) is 16.2. The molecule has 0 aromatic heterocycles. The Morgan fingerprint density at radius 1 is 1.30 bits per heavy atom. The predicted molar refractivity (Wildman–Crippen MR) is 76.7 cm³/mol. The molecule has 106 valence electrons. The Kier molecular flexibility index (Phi) is 4.20. The molecule has 0 unspecified atom stereocenters. The van der Waals surface area contributed by atoms with Crippen LogP contribution < -0.4 is 4.90 Å². The highest BCUT2D eigenvalue weighted by molar-refractivity contribution is 5.60. The molecule has 1 aromatic rings. The van der Waals surface area contributed by atoms with Crippen molar-refractivity contribution in [2.45, 2.75) is 19.9 Å². The first kappa shape index (κ1) is 14.3. The Morgan fingerprint density at radius 3 is 2.45 bits per heavy atom. The summed E-state index contributed by atoms with van der Waals surface area (Å²) in [6.45, 7) is 7.93. The van der Waals surface area contributed by atoms with Crippen LogP contribution in [-0.2, 0) is 0 Å². The van der Waals surface area contributed by atoms with Gasteiger partial charge in [-0.1, -0.05) is 0 Å². The van der Waals surface area contributed by atoms with Gasteiger partial charge in [-0.15, -0.1) is 0 Å². The van der Waals surface area contributed by atoms with E-state index in [0.29, 0.717) is 6.04 Å². The molecule has 0 aliphatic carbocycles. The molecule has 0 spiro atoms. The SMILES string of the molecule is CC(C)N1CCN(c2ccc(C#N)c([N+](=O)[O-])c2)CC1. The van der Waals surface area contributed by atoms with Crippen LogP contribution in [0.25, 0.3) is 0 Å². The third-order valence-electron chi connectivity index (χ3n) is 3.71. The lowest BCUT2D eigenvalue weighted by molar-refractivity contribution is -0.385. The van der Waals surface area contributed by atoms with Crippen molar-refractivity contribution in [3.05, 3.63) is 33.9 Å². The number of nitro benzene ring substituents is 1. The Morgan fingerprint density at radius 2 is 1.95 bits per heavy atom. The molecule has 1 heterocycles. The van der Waals surface area contributed by atoms with Crippen molar-refractivity contribution >= 4 is 11.4 Å². The zero-order valence-electron chi connectivity index (χ0n) is 11.7. The fourth-order valence-electron chi connectivity index (χ4n) is 2.46. The minimum atomic E-state index is -0.494. The van der Waals surface area contributed by atoms with Gasteiger partial charge in [0.05, 0.1) is 4.92 Å². The number of nitro groups is 1. The molecule has 6 nitrogen and oxygen atoms in total. The maximum Gasteiger partial charge on any atom is 0.289 e. The standard InChI is InChI=1S/C14H18N4O2/c1-11(2)16-5-7-17(8-6-16)13-4-3-12(10-15)14(9-13)18(19)20/h3-4,9,11H,5-8H2,1-2H3. The van der Waals surface area contributed by atoms with Crippen molar-refractivity contribution in [2.75, 3.05) is 31.1 Å². The van der Waals surface area contributed by atoms with Crippen molar-refractivity contribution in [2.24, 2.45) is 0 Å². The van der Waals surface area contributed by atoms with Crippen LogP contribution >= 0.6 is 0 Å². The molecule has 0 N–H and O–H groups in total. The van der Waals surface area contributed by atoms with E-state index < -0.39 is 4.92 Å². The van der Waals surface area contributed by atoms with Gasteiger partial charge in [-0.2, -0.15) is 5.26 Å². The number of nitriles is 1.